The Hall–Kier alpha value is -3.56. The maximum absolute atomic E-state index is 13.6. The quantitative estimate of drug-likeness (QED) is 0.239. The molecule has 1 fully saturated rings. The number of ether oxygens (including phenoxy) is 2. The fourth-order valence-electron chi connectivity index (χ4n) is 3.76. The van der Waals surface area contributed by atoms with Crippen molar-refractivity contribution in [2.24, 2.45) is 4.99 Å². The van der Waals surface area contributed by atoms with Crippen molar-refractivity contribution in [3.05, 3.63) is 92.8 Å². The molecule has 9 heteroatoms. The first-order valence-corrected chi connectivity index (χ1v) is 14.2. The second kappa shape index (κ2) is 13.0. The Morgan fingerprint density at radius 3 is 2.49 bits per heavy atom. The van der Waals surface area contributed by atoms with Crippen molar-refractivity contribution in [2.75, 3.05) is 6.61 Å². The Bertz CT molecular complexity index is 1410. The normalized spacial score (nSPS) is 16.1. The molecular weight excluding hydrogens is 580 g/mol. The van der Waals surface area contributed by atoms with Gasteiger partial charge in [0.2, 0.25) is 0 Å². The van der Waals surface area contributed by atoms with Gasteiger partial charge in [0.05, 0.1) is 39.9 Å². The van der Waals surface area contributed by atoms with Crippen molar-refractivity contribution in [1.29, 1.82) is 0 Å². The molecule has 39 heavy (non-hydrogen) atoms. The van der Waals surface area contributed by atoms with E-state index in [0.717, 1.165) is 27.7 Å². The van der Waals surface area contributed by atoms with Crippen molar-refractivity contribution in [1.82, 2.24) is 4.90 Å². The van der Waals surface area contributed by atoms with Crippen LogP contribution in [0.15, 0.2) is 81.1 Å². The number of thioether (sulfide) groups is 1. The average molecular weight is 610 g/mol. The first-order chi connectivity index (χ1) is 18.8. The summed E-state index contributed by atoms with van der Waals surface area (Å²) in [7, 11) is 0. The molecule has 0 saturated carbocycles. The number of halogens is 1. The number of hydrogen-bond acceptors (Lipinski definition) is 6. The number of carboxylic acids is 1. The lowest BCUT2D eigenvalue weighted by atomic mass is 10.1. The monoisotopic (exact) mass is 608 g/mol. The maximum atomic E-state index is 13.6. The topological polar surface area (TPSA) is 88.4 Å². The van der Waals surface area contributed by atoms with Crippen LogP contribution in [0.25, 0.3) is 6.08 Å². The second-order valence-electron chi connectivity index (χ2n) is 8.83. The highest BCUT2D eigenvalue weighted by molar-refractivity contribution is 9.10. The van der Waals surface area contributed by atoms with Gasteiger partial charge < -0.3 is 14.6 Å². The van der Waals surface area contributed by atoms with E-state index in [1.165, 1.54) is 23.9 Å². The number of amidine groups is 1. The zero-order valence-corrected chi connectivity index (χ0v) is 24.3. The molecule has 3 aromatic carbocycles. The highest BCUT2D eigenvalue weighted by atomic mass is 79.9. The van der Waals surface area contributed by atoms with Crippen LogP contribution in [-0.2, 0) is 11.3 Å². The lowest BCUT2D eigenvalue weighted by Gasteiger charge is -2.18. The molecule has 0 aliphatic carbocycles. The predicted molar refractivity (Wildman–Crippen MR) is 159 cm³/mol. The van der Waals surface area contributed by atoms with Gasteiger partial charge in [-0.2, -0.15) is 0 Å². The number of nitrogens with zero attached hydrogens (tertiary/aromatic N) is 2. The molecule has 0 spiro atoms. The zero-order valence-electron chi connectivity index (χ0n) is 21.9. The number of para-hydroxylation sites is 1. The van der Waals surface area contributed by atoms with Gasteiger partial charge >= 0.3 is 5.97 Å². The van der Waals surface area contributed by atoms with Gasteiger partial charge in [0.25, 0.3) is 5.91 Å². The van der Waals surface area contributed by atoms with Gasteiger partial charge in [0.15, 0.2) is 16.7 Å². The highest BCUT2D eigenvalue weighted by Crippen LogP contribution is 2.40. The zero-order chi connectivity index (χ0) is 27.9. The Balaban J connectivity index is 1.69. The fourth-order valence-corrected chi connectivity index (χ4v) is 5.31. The third-order valence-corrected chi connectivity index (χ3v) is 7.53. The van der Waals surface area contributed by atoms with Crippen molar-refractivity contribution < 1.29 is 24.2 Å². The number of carbonyl (C=O) groups excluding carboxylic acids is 1. The molecule has 0 unspecified atom stereocenters. The maximum Gasteiger partial charge on any atom is 0.335 e. The van der Waals surface area contributed by atoms with Gasteiger partial charge in [-0.15, -0.1) is 0 Å². The molecule has 202 valence electrons. The van der Waals surface area contributed by atoms with E-state index in [1.807, 2.05) is 62.4 Å². The Morgan fingerprint density at radius 2 is 1.85 bits per heavy atom. The van der Waals surface area contributed by atoms with E-state index in [1.54, 1.807) is 17.0 Å². The SMILES string of the molecule is CCOc1cc(/C=C2/SC(=Nc3ccccc3)N(Cc3ccc(C(=O)O)cc3)C2=O)cc(Br)c1O[C@@H](C)CC. The van der Waals surface area contributed by atoms with E-state index in [0.29, 0.717) is 28.2 Å². The van der Waals surface area contributed by atoms with E-state index in [4.69, 9.17) is 14.5 Å². The number of amides is 1. The first kappa shape index (κ1) is 28.4. The molecule has 1 heterocycles. The smallest absolute Gasteiger partial charge is 0.335 e. The van der Waals surface area contributed by atoms with Crippen LogP contribution in [-0.4, -0.2) is 39.8 Å². The number of carboxylic acid groups (broad SMARTS) is 1. The van der Waals surface area contributed by atoms with E-state index < -0.39 is 5.97 Å². The lowest BCUT2D eigenvalue weighted by Crippen LogP contribution is -2.28. The average Bonchev–Trinajstić information content (AvgIpc) is 3.20. The van der Waals surface area contributed by atoms with Crippen LogP contribution < -0.4 is 9.47 Å². The fraction of sp³-hybridized carbons (Fsp3) is 0.233. The summed E-state index contributed by atoms with van der Waals surface area (Å²) >= 11 is 4.91. The third-order valence-electron chi connectivity index (χ3n) is 5.93. The number of aromatic carboxylic acids is 1. The van der Waals surface area contributed by atoms with Crippen LogP contribution in [0.5, 0.6) is 11.5 Å². The minimum atomic E-state index is -0.996. The van der Waals surface area contributed by atoms with Crippen molar-refractivity contribution in [3.63, 3.8) is 0 Å². The van der Waals surface area contributed by atoms with Gasteiger partial charge in [-0.3, -0.25) is 9.69 Å². The molecular formula is C30H29BrN2O5S. The molecule has 1 N–H and O–H groups in total. The molecule has 0 aromatic heterocycles. The van der Waals surface area contributed by atoms with Crippen LogP contribution in [0.3, 0.4) is 0 Å². The first-order valence-electron chi connectivity index (χ1n) is 12.6. The van der Waals surface area contributed by atoms with Crippen LogP contribution >= 0.6 is 27.7 Å². The van der Waals surface area contributed by atoms with Crippen LogP contribution in [0.1, 0.15) is 48.7 Å². The molecule has 3 aromatic rings. The molecule has 1 atom stereocenters. The van der Waals surface area contributed by atoms with Gasteiger partial charge in [-0.25, -0.2) is 9.79 Å². The summed E-state index contributed by atoms with van der Waals surface area (Å²) < 4.78 is 12.7. The van der Waals surface area contributed by atoms with E-state index >= 15 is 0 Å². The Morgan fingerprint density at radius 1 is 1.13 bits per heavy atom. The molecule has 1 amide bonds. The molecule has 7 nitrogen and oxygen atoms in total. The number of benzene rings is 3. The number of aliphatic imine (C=N–C) groups is 1. The minimum Gasteiger partial charge on any atom is -0.490 e. The van der Waals surface area contributed by atoms with Gasteiger partial charge in [0, 0.05) is 0 Å². The summed E-state index contributed by atoms with van der Waals surface area (Å²) in [4.78, 5) is 31.7. The molecule has 1 saturated heterocycles. The standard InChI is InChI=1S/C30H29BrN2O5S/c1-4-19(3)38-27-24(31)15-21(16-25(27)37-5-2)17-26-28(34)33(18-20-11-13-22(14-12-20)29(35)36)30(39-26)32-23-9-7-6-8-10-23/h6-17,19H,4-5,18H2,1-3H3,(H,35,36)/b26-17+,32-30?/t19-/m0/s1. The summed E-state index contributed by atoms with van der Waals surface area (Å²) in [6.07, 6.45) is 2.70. The summed E-state index contributed by atoms with van der Waals surface area (Å²) in [5.74, 6) is 0.0506. The predicted octanol–water partition coefficient (Wildman–Crippen LogP) is 7.53. The van der Waals surface area contributed by atoms with Crippen LogP contribution in [0, 0.1) is 0 Å². The number of rotatable bonds is 10. The van der Waals surface area contributed by atoms with Crippen LogP contribution in [0.2, 0.25) is 0 Å². The summed E-state index contributed by atoms with van der Waals surface area (Å²) in [5, 5.41) is 9.76. The lowest BCUT2D eigenvalue weighted by molar-refractivity contribution is -0.122. The van der Waals surface area contributed by atoms with Crippen molar-refractivity contribution >= 4 is 56.5 Å². The van der Waals surface area contributed by atoms with Crippen LogP contribution in [0.4, 0.5) is 5.69 Å². The highest BCUT2D eigenvalue weighted by Gasteiger charge is 2.33. The van der Waals surface area contributed by atoms with E-state index in [9.17, 15) is 14.7 Å². The Kier molecular flexibility index (Phi) is 9.48. The van der Waals surface area contributed by atoms with E-state index in [2.05, 4.69) is 22.9 Å². The number of hydrogen-bond donors (Lipinski definition) is 1. The van der Waals surface area contributed by atoms with Crippen molar-refractivity contribution in [3.8, 4) is 11.5 Å². The summed E-state index contributed by atoms with van der Waals surface area (Å²) in [5.41, 5.74) is 2.50. The molecule has 0 radical (unpaired) electrons. The minimum absolute atomic E-state index is 0.0200. The second-order valence-corrected chi connectivity index (χ2v) is 10.7. The largest absolute Gasteiger partial charge is 0.490 e. The van der Waals surface area contributed by atoms with Crippen molar-refractivity contribution in [2.45, 2.75) is 39.8 Å². The molecule has 1 aliphatic rings. The molecule has 0 bridgehead atoms. The Labute approximate surface area is 240 Å². The third kappa shape index (κ3) is 7.10. The molecule has 4 rings (SSSR count). The molecule has 1 aliphatic heterocycles. The van der Waals surface area contributed by atoms with Gasteiger partial charge in [-0.1, -0.05) is 37.3 Å². The van der Waals surface area contributed by atoms with E-state index in [-0.39, 0.29) is 24.1 Å². The summed E-state index contributed by atoms with van der Waals surface area (Å²) in [6.45, 7) is 6.70. The number of carbonyl (C=O) groups is 2. The van der Waals surface area contributed by atoms with Gasteiger partial charge in [-0.05, 0) is 102 Å². The van der Waals surface area contributed by atoms with Gasteiger partial charge in [0.1, 0.15) is 0 Å². The summed E-state index contributed by atoms with van der Waals surface area (Å²) in [6, 6.07) is 19.7.